The number of nitrogens with zero attached hydrogens (tertiary/aromatic N) is 1. The topological polar surface area (TPSA) is 99.0 Å². The highest BCUT2D eigenvalue weighted by molar-refractivity contribution is 6.46. The molecule has 1 amide bonds. The van der Waals surface area contributed by atoms with Crippen LogP contribution < -0.4 is 19.1 Å². The summed E-state index contributed by atoms with van der Waals surface area (Å²) >= 11 is 0. The lowest BCUT2D eigenvalue weighted by atomic mass is 9.93. The summed E-state index contributed by atoms with van der Waals surface area (Å²) in [5.74, 6) is 0.0865. The fraction of sp³-hybridized carbons (Fsp3) is 0.407. The molecule has 9 heteroatoms. The third kappa shape index (κ3) is 4.89. The maximum Gasteiger partial charge on any atom is 0.295 e. The van der Waals surface area contributed by atoms with E-state index in [-0.39, 0.29) is 11.3 Å². The molecule has 9 nitrogen and oxygen atoms in total. The van der Waals surface area contributed by atoms with E-state index in [9.17, 15) is 14.7 Å². The summed E-state index contributed by atoms with van der Waals surface area (Å²) in [6, 6.07) is 9.60. The molecule has 0 aromatic heterocycles. The number of ether oxygens (including phenoxy) is 4. The Balaban J connectivity index is 1.82. The van der Waals surface area contributed by atoms with Crippen molar-refractivity contribution >= 4 is 17.4 Å². The van der Waals surface area contributed by atoms with Gasteiger partial charge in [-0.15, -0.1) is 0 Å². The normalized spacial score (nSPS) is 20.0. The fourth-order valence-corrected chi connectivity index (χ4v) is 4.84. The summed E-state index contributed by atoms with van der Waals surface area (Å²) in [5.41, 5.74) is 1.82. The van der Waals surface area contributed by atoms with Crippen molar-refractivity contribution in [2.45, 2.75) is 13.0 Å². The maximum atomic E-state index is 13.4. The molecule has 2 aromatic rings. The third-order valence-electron chi connectivity index (χ3n) is 6.87. The molecule has 4 rings (SSSR count). The number of rotatable bonds is 8. The number of aliphatic hydroxyl groups is 1. The predicted octanol–water partition coefficient (Wildman–Crippen LogP) is 1.36. The Morgan fingerprint density at radius 1 is 1.03 bits per heavy atom. The number of aryl methyl sites for hydroxylation is 1. The number of benzene rings is 2. The van der Waals surface area contributed by atoms with Gasteiger partial charge >= 0.3 is 0 Å². The molecule has 2 aliphatic rings. The lowest BCUT2D eigenvalue weighted by Crippen LogP contribution is -3.14. The van der Waals surface area contributed by atoms with Crippen LogP contribution in [0.1, 0.15) is 22.7 Å². The fourth-order valence-electron chi connectivity index (χ4n) is 4.84. The second kappa shape index (κ2) is 11.0. The average Bonchev–Trinajstić information content (AvgIpc) is 3.16. The molecule has 1 atom stereocenters. The number of carbonyl (C=O) groups excluding carboxylic acids is 2. The van der Waals surface area contributed by atoms with Gasteiger partial charge in [0.15, 0.2) is 0 Å². The zero-order valence-electron chi connectivity index (χ0n) is 21.1. The number of quaternary nitrogens is 1. The van der Waals surface area contributed by atoms with Gasteiger partial charge in [0.1, 0.15) is 36.1 Å². The number of amides is 1. The van der Waals surface area contributed by atoms with Gasteiger partial charge in [-0.3, -0.25) is 9.59 Å². The highest BCUT2D eigenvalue weighted by Crippen LogP contribution is 2.43. The van der Waals surface area contributed by atoms with Crippen molar-refractivity contribution in [1.29, 1.82) is 0 Å². The van der Waals surface area contributed by atoms with Crippen molar-refractivity contribution in [2.75, 3.05) is 60.7 Å². The van der Waals surface area contributed by atoms with Crippen molar-refractivity contribution in [1.82, 2.24) is 4.90 Å². The number of ketones is 1. The van der Waals surface area contributed by atoms with Crippen LogP contribution >= 0.6 is 0 Å². The van der Waals surface area contributed by atoms with E-state index in [1.165, 1.54) is 12.0 Å². The minimum absolute atomic E-state index is 0.0358. The lowest BCUT2D eigenvalue weighted by Gasteiger charge is -2.29. The molecule has 0 saturated carbocycles. The molecule has 2 saturated heterocycles. The van der Waals surface area contributed by atoms with Gasteiger partial charge in [0.2, 0.25) is 0 Å². The van der Waals surface area contributed by atoms with Crippen molar-refractivity contribution in [2.24, 2.45) is 0 Å². The Morgan fingerprint density at radius 3 is 2.33 bits per heavy atom. The summed E-state index contributed by atoms with van der Waals surface area (Å²) in [7, 11) is 4.64. The van der Waals surface area contributed by atoms with E-state index in [1.807, 2.05) is 6.92 Å². The molecule has 0 radical (unpaired) electrons. The highest BCUT2D eigenvalue weighted by atomic mass is 16.5. The van der Waals surface area contributed by atoms with E-state index in [0.717, 1.165) is 18.7 Å². The van der Waals surface area contributed by atoms with Crippen LogP contribution in [0.15, 0.2) is 42.0 Å². The number of likely N-dealkylation sites (tertiary alicyclic amines) is 1. The van der Waals surface area contributed by atoms with Crippen LogP contribution in [0.3, 0.4) is 0 Å². The number of methoxy groups -OCH3 is 3. The molecule has 0 aliphatic carbocycles. The van der Waals surface area contributed by atoms with Crippen LogP contribution in [0.5, 0.6) is 17.2 Å². The predicted molar refractivity (Wildman–Crippen MR) is 133 cm³/mol. The zero-order chi connectivity index (χ0) is 25.8. The van der Waals surface area contributed by atoms with E-state index >= 15 is 0 Å². The minimum atomic E-state index is -0.812. The van der Waals surface area contributed by atoms with Gasteiger partial charge in [-0.05, 0) is 42.8 Å². The molecule has 1 unspecified atom stereocenters. The minimum Gasteiger partial charge on any atom is -0.507 e. The number of nitrogens with one attached hydrogen (secondary N) is 1. The molecule has 0 bridgehead atoms. The summed E-state index contributed by atoms with van der Waals surface area (Å²) in [6.07, 6.45) is 0. The second-order valence-corrected chi connectivity index (χ2v) is 8.89. The first-order chi connectivity index (χ1) is 17.4. The monoisotopic (exact) mass is 497 g/mol. The Bertz CT molecular complexity index is 1170. The molecule has 2 heterocycles. The maximum absolute atomic E-state index is 13.4. The summed E-state index contributed by atoms with van der Waals surface area (Å²) in [6.45, 7) is 5.84. The molecule has 36 heavy (non-hydrogen) atoms. The van der Waals surface area contributed by atoms with Crippen LogP contribution in [0, 0.1) is 6.92 Å². The number of carbonyl (C=O) groups is 2. The Hall–Kier alpha value is -3.56. The van der Waals surface area contributed by atoms with E-state index in [4.69, 9.17) is 18.9 Å². The van der Waals surface area contributed by atoms with Gasteiger partial charge in [-0.1, -0.05) is 0 Å². The summed E-state index contributed by atoms with van der Waals surface area (Å²) in [4.78, 5) is 29.6. The number of aliphatic hydroxyl groups excluding tert-OH is 1. The largest absolute Gasteiger partial charge is 0.507 e. The first-order valence-corrected chi connectivity index (χ1v) is 12.0. The van der Waals surface area contributed by atoms with Crippen molar-refractivity contribution in [3.63, 3.8) is 0 Å². The molecular formula is C27H33N2O7+. The molecule has 2 N–H and O–H groups in total. The van der Waals surface area contributed by atoms with Crippen LogP contribution in [0.2, 0.25) is 0 Å². The van der Waals surface area contributed by atoms with Gasteiger partial charge in [0.25, 0.3) is 11.7 Å². The van der Waals surface area contributed by atoms with Crippen molar-refractivity contribution < 1.29 is 38.5 Å². The smallest absolute Gasteiger partial charge is 0.295 e. The molecule has 2 aliphatic heterocycles. The summed E-state index contributed by atoms with van der Waals surface area (Å²) < 4.78 is 21.7. The van der Waals surface area contributed by atoms with Crippen molar-refractivity contribution in [3.05, 3.63) is 58.7 Å². The quantitative estimate of drug-likeness (QED) is 0.323. The number of Topliss-reactive ketones (excluding diaryl/α,β-unsaturated/α-hetero) is 1. The lowest BCUT2D eigenvalue weighted by molar-refractivity contribution is -0.907. The standard InChI is InChI=1S/C27H32N2O7/c1-17-15-18(33-2)5-7-20(17)25(30)23-24(21-8-6-19(34-3)16-22(21)35-4)29(27(32)26(23)31)10-9-28-11-13-36-14-12-28/h5-8,15-16,24,30H,9-14H2,1-4H3/p+1. The van der Waals surface area contributed by atoms with Gasteiger partial charge < -0.3 is 33.9 Å². The van der Waals surface area contributed by atoms with Gasteiger partial charge in [0, 0.05) is 17.2 Å². The molecule has 192 valence electrons. The molecule has 2 aromatic carbocycles. The summed E-state index contributed by atoms with van der Waals surface area (Å²) in [5, 5.41) is 11.4. The third-order valence-corrected chi connectivity index (χ3v) is 6.87. The van der Waals surface area contributed by atoms with Crippen LogP contribution in [-0.4, -0.2) is 82.4 Å². The van der Waals surface area contributed by atoms with E-state index in [2.05, 4.69) is 0 Å². The number of hydrogen-bond donors (Lipinski definition) is 2. The average molecular weight is 498 g/mol. The Labute approximate surface area is 210 Å². The SMILES string of the molecule is COc1ccc(C(O)=C2C(=O)C(=O)N(CC[NH+]3CCOCC3)C2c2ccc(OC)cc2OC)c(C)c1. The highest BCUT2D eigenvalue weighted by Gasteiger charge is 2.47. The molecular weight excluding hydrogens is 464 g/mol. The van der Waals surface area contributed by atoms with E-state index in [0.29, 0.717) is 54.7 Å². The van der Waals surface area contributed by atoms with Gasteiger partial charge in [-0.25, -0.2) is 0 Å². The van der Waals surface area contributed by atoms with Crippen LogP contribution in [0.4, 0.5) is 0 Å². The van der Waals surface area contributed by atoms with Crippen LogP contribution in [0.25, 0.3) is 5.76 Å². The number of morpholine rings is 1. The van der Waals surface area contributed by atoms with E-state index < -0.39 is 17.7 Å². The van der Waals surface area contributed by atoms with Crippen LogP contribution in [-0.2, 0) is 14.3 Å². The second-order valence-electron chi connectivity index (χ2n) is 8.89. The Morgan fingerprint density at radius 2 is 1.69 bits per heavy atom. The van der Waals surface area contributed by atoms with Crippen molar-refractivity contribution in [3.8, 4) is 17.2 Å². The number of hydrogen-bond acceptors (Lipinski definition) is 7. The Kier molecular flexibility index (Phi) is 7.81. The molecule has 0 spiro atoms. The van der Waals surface area contributed by atoms with E-state index in [1.54, 1.807) is 55.5 Å². The first-order valence-electron chi connectivity index (χ1n) is 12.0. The van der Waals surface area contributed by atoms with Gasteiger partial charge in [-0.2, -0.15) is 0 Å². The molecule has 2 fully saturated rings. The van der Waals surface area contributed by atoms with Gasteiger partial charge in [0.05, 0.1) is 59.2 Å². The zero-order valence-corrected chi connectivity index (χ0v) is 21.1. The first kappa shape index (κ1) is 25.5.